The monoisotopic (exact) mass is 1750 g/mol. The zero-order valence-electron chi connectivity index (χ0n) is 70.8. The number of unbranched alkanes of at least 4 members (excludes halogenated alkanes) is 1. The summed E-state index contributed by atoms with van der Waals surface area (Å²) >= 11 is 1.30. The zero-order chi connectivity index (χ0) is 89.4. The molecule has 42 heteroatoms. The number of nitrogens with zero attached hydrogens (tertiary/aromatic N) is 16. The molecule has 7 heterocycles. The quantitative estimate of drug-likeness (QED) is 0.00549. The number of ether oxygens (including phenoxy) is 6. The number of azide groups is 1. The van der Waals surface area contributed by atoms with E-state index in [9.17, 15) is 48.3 Å². The normalized spacial score (nSPS) is 13.5. The third kappa shape index (κ3) is 26.6. The number of nitrogen functional groups attached to an aromatic ring is 1. The summed E-state index contributed by atoms with van der Waals surface area (Å²) in [6.45, 7) is 8.44. The van der Waals surface area contributed by atoms with Crippen LogP contribution in [0.2, 0.25) is 0 Å². The third-order valence-electron chi connectivity index (χ3n) is 20.6. The van der Waals surface area contributed by atoms with Gasteiger partial charge in [0, 0.05) is 174 Å². The molecule has 4 aromatic carbocycles. The molecule has 5 aromatic heterocycles. The number of piperidine rings is 1. The Bertz CT molecular complexity index is 5370. The molecule has 0 radical (unpaired) electrons. The minimum Gasteiger partial charge on any atom is -0.494 e. The predicted molar refractivity (Wildman–Crippen MR) is 469 cm³/mol. The molecule has 1 saturated heterocycles. The van der Waals surface area contributed by atoms with Crippen molar-refractivity contribution in [2.24, 2.45) is 18.1 Å². The van der Waals surface area contributed by atoms with E-state index in [1.54, 1.807) is 54.4 Å². The Morgan fingerprint density at radius 1 is 0.810 bits per heavy atom. The molecule has 0 bridgehead atoms. The van der Waals surface area contributed by atoms with Crippen LogP contribution in [0, 0.1) is 5.92 Å². The number of aromatic hydroxyl groups is 1. The second-order valence-corrected chi connectivity index (χ2v) is 30.8. The maximum absolute atomic E-state index is 14.0. The van der Waals surface area contributed by atoms with Crippen LogP contribution in [-0.2, 0) is 97.1 Å². The van der Waals surface area contributed by atoms with Gasteiger partial charge in [0.15, 0.2) is 17.0 Å². The largest absolute Gasteiger partial charge is 0.494 e. The molecule has 3 atom stereocenters. The molecule has 11 N–H and O–H groups in total. The van der Waals surface area contributed by atoms with Crippen LogP contribution in [0.1, 0.15) is 84.1 Å². The molecule has 668 valence electrons. The molecule has 0 spiro atoms. The number of nitrogens with one attached hydrogen (secondary N) is 8. The van der Waals surface area contributed by atoms with E-state index >= 15 is 0 Å². The van der Waals surface area contributed by atoms with Crippen LogP contribution in [-0.4, -0.2) is 255 Å². The number of amides is 9. The van der Waals surface area contributed by atoms with Crippen LogP contribution < -0.4 is 62.6 Å². The van der Waals surface area contributed by atoms with Crippen molar-refractivity contribution in [3.8, 4) is 29.0 Å². The maximum Gasteiger partial charge on any atom is 0.320 e. The van der Waals surface area contributed by atoms with Crippen molar-refractivity contribution in [3.05, 3.63) is 155 Å². The SMILES string of the molecule is C=CC(=O)Nc1cc(Nc2nccc(-c3cn(C)c4ccccc34)n2)c(OC)cc1N(C)CCN(C)Cc1cn(CCOCCOCCOCCNC(=O)C(CSCCNC(=O)C(CCCCN=[N+]=[N-])NC(=O)CCC(=O)NCc2ccc(Cn3c(O)nc4c(N)nc(OCCOC)nc43)cc2)CC(=O)Nc2cccc3c2CN(C2CCC(=O)NC2=O)C3=O)nn1. The number of benzene rings is 4. The van der Waals surface area contributed by atoms with Crippen LogP contribution in [0.3, 0.4) is 0 Å². The van der Waals surface area contributed by atoms with Crippen molar-refractivity contribution in [1.82, 2.24) is 85.4 Å². The Morgan fingerprint density at radius 3 is 2.36 bits per heavy atom. The number of carbonyl (C=O) groups is 9. The number of imidazole rings is 1. The number of methoxy groups -OCH3 is 2. The second-order valence-electron chi connectivity index (χ2n) is 29.7. The summed E-state index contributed by atoms with van der Waals surface area (Å²) in [5, 5.41) is 46.7. The number of hydrogen-bond donors (Lipinski definition) is 10. The number of aryl methyl sites for hydroxylation is 1. The fraction of sp³-hybridized carbons (Fsp3) is 0.429. The average Bonchev–Trinajstić information content (AvgIpc) is 1.62. The first-order valence-corrected chi connectivity index (χ1v) is 42.2. The van der Waals surface area contributed by atoms with Gasteiger partial charge in [-0.15, -0.1) is 5.10 Å². The molecule has 1 fully saturated rings. The molecule has 2 aliphatic rings. The van der Waals surface area contributed by atoms with Gasteiger partial charge in [0.05, 0.1) is 101 Å². The number of likely N-dealkylation sites (N-methyl/N-ethyl adjacent to an activating group) is 2. The number of hydrogen-bond acceptors (Lipinski definition) is 29. The smallest absolute Gasteiger partial charge is 0.320 e. The van der Waals surface area contributed by atoms with Gasteiger partial charge < -0.3 is 90.8 Å². The Labute approximate surface area is 730 Å². The first-order valence-electron chi connectivity index (χ1n) is 41.1. The lowest BCUT2D eigenvalue weighted by Crippen LogP contribution is -2.52. The summed E-state index contributed by atoms with van der Waals surface area (Å²) < 4.78 is 39.0. The summed E-state index contributed by atoms with van der Waals surface area (Å²) in [5.41, 5.74) is 23.3. The van der Waals surface area contributed by atoms with E-state index in [0.717, 1.165) is 39.0 Å². The second kappa shape index (κ2) is 46.9. The van der Waals surface area contributed by atoms with Crippen molar-refractivity contribution in [1.29, 1.82) is 0 Å². The summed E-state index contributed by atoms with van der Waals surface area (Å²) in [7, 11) is 9.01. The van der Waals surface area contributed by atoms with Gasteiger partial charge in [-0.25, -0.2) is 14.6 Å². The summed E-state index contributed by atoms with van der Waals surface area (Å²) in [4.78, 5) is 150. The number of fused-ring (bicyclic) bond motifs is 3. The van der Waals surface area contributed by atoms with E-state index in [2.05, 4.69) is 111 Å². The number of nitrogens with two attached hydrogens (primary N) is 1. The highest BCUT2D eigenvalue weighted by Gasteiger charge is 2.40. The van der Waals surface area contributed by atoms with Crippen LogP contribution in [0.15, 0.2) is 121 Å². The zero-order valence-corrected chi connectivity index (χ0v) is 71.7. The van der Waals surface area contributed by atoms with Crippen LogP contribution >= 0.6 is 11.8 Å². The van der Waals surface area contributed by atoms with Gasteiger partial charge in [-0.2, -0.15) is 26.7 Å². The van der Waals surface area contributed by atoms with Gasteiger partial charge in [-0.05, 0) is 79.4 Å². The van der Waals surface area contributed by atoms with Gasteiger partial charge in [0.25, 0.3) is 11.9 Å². The minimum absolute atomic E-state index is 0.000296. The number of imide groups is 1. The van der Waals surface area contributed by atoms with Crippen LogP contribution in [0.5, 0.6) is 17.8 Å². The van der Waals surface area contributed by atoms with Crippen molar-refractivity contribution < 1.29 is 76.7 Å². The highest BCUT2D eigenvalue weighted by molar-refractivity contribution is 7.99. The van der Waals surface area contributed by atoms with Crippen molar-refractivity contribution >= 4 is 122 Å². The lowest BCUT2D eigenvalue weighted by atomic mass is 10.0. The van der Waals surface area contributed by atoms with Crippen molar-refractivity contribution in [2.75, 3.05) is 152 Å². The number of para-hydroxylation sites is 1. The molecule has 9 aromatic rings. The summed E-state index contributed by atoms with van der Waals surface area (Å²) in [6.07, 6.45) is 7.35. The van der Waals surface area contributed by atoms with E-state index in [-0.39, 0.29) is 163 Å². The van der Waals surface area contributed by atoms with E-state index in [1.807, 2.05) is 74.8 Å². The Kier molecular flexibility index (Phi) is 34.8. The maximum atomic E-state index is 14.0. The van der Waals surface area contributed by atoms with Crippen LogP contribution in [0.25, 0.3) is 43.8 Å². The first kappa shape index (κ1) is 93.3. The van der Waals surface area contributed by atoms with Gasteiger partial charge in [-0.1, -0.05) is 71.9 Å². The van der Waals surface area contributed by atoms with Crippen molar-refractivity contribution in [2.45, 2.75) is 96.2 Å². The minimum atomic E-state index is -1.01. The molecule has 0 saturated carbocycles. The Morgan fingerprint density at radius 2 is 1.58 bits per heavy atom. The highest BCUT2D eigenvalue weighted by atomic mass is 32.2. The van der Waals surface area contributed by atoms with Gasteiger partial charge in [-0.3, -0.25) is 57.9 Å². The molecule has 9 amide bonds. The molecule has 126 heavy (non-hydrogen) atoms. The molecular formula is C84H105N25O16S. The number of rotatable bonds is 52. The number of anilines is 6. The number of aromatic nitrogens is 10. The Balaban J connectivity index is 0.594. The molecule has 3 unspecified atom stereocenters. The summed E-state index contributed by atoms with van der Waals surface area (Å²) in [5.74, 6) is -3.89. The predicted octanol–water partition coefficient (Wildman–Crippen LogP) is 5.66. The lowest BCUT2D eigenvalue weighted by Gasteiger charge is -2.29. The first-order chi connectivity index (χ1) is 61.1. The molecule has 41 nitrogen and oxygen atoms in total. The van der Waals surface area contributed by atoms with Crippen molar-refractivity contribution in [3.63, 3.8) is 0 Å². The Hall–Kier alpha value is -13.4. The van der Waals surface area contributed by atoms with Gasteiger partial charge >= 0.3 is 6.01 Å². The standard InChI is InChI=1S/C84H105N25O16S/c1-7-70(110)94-64-44-65(96-82-89-28-26-62(95-82)59-50-106(4)66-17-9-8-13-57(59)66)69(121-6)45-68(64)105(3)32-31-104(2)48-56-49-107(103-101-56)33-35-123-38-40-124-39-37-122-34-29-87-78(115)55(43-74(114)92-61-16-12-14-58-60(61)51-108(81(58)118)67-22-23-73(113)97-80(67)117)52-126-42-30-88-79(116)63(15-10-11-27-91-102-86)93-72(112)25-24-71(111)90-46-53-18-20-54(21-19-53)47-109-77-75(98-84(109)119)76(85)99-83(100-77)125-41-36-120-5/h7-9,12-14,16-21,26,28,44-45,49-50,55,63,67H,1,10-11,15,22-25,27,29-43,46-48,51-52H2,2-6H3,(H,87,115)(H,88,116)(H,90,111)(H,92,114)(H,93,112)(H,94,110)(H,98,119)(H2,85,99,100)(H,89,95,96)(H,97,113,117). The van der Waals surface area contributed by atoms with Crippen LogP contribution in [0.4, 0.5) is 34.5 Å². The van der Waals surface area contributed by atoms with Gasteiger partial charge in [0.1, 0.15) is 24.4 Å². The number of carbonyl (C=O) groups excluding carboxylic acids is 9. The topological polar surface area (TPSA) is 515 Å². The van der Waals surface area contributed by atoms with E-state index < -0.39 is 65.3 Å². The highest BCUT2D eigenvalue weighted by Crippen LogP contribution is 2.39. The van der Waals surface area contributed by atoms with Gasteiger partial charge in [0.2, 0.25) is 53.2 Å². The fourth-order valence-electron chi connectivity index (χ4n) is 14.0. The molecular weight excluding hydrogens is 1650 g/mol. The third-order valence-corrected chi connectivity index (χ3v) is 21.7. The van der Waals surface area contributed by atoms with E-state index in [1.165, 1.54) is 34.4 Å². The van der Waals surface area contributed by atoms with E-state index in [0.29, 0.717) is 98.9 Å². The van der Waals surface area contributed by atoms with E-state index in [4.69, 9.17) is 44.7 Å². The fourth-order valence-corrected chi connectivity index (χ4v) is 15.0. The number of thioether (sulfide) groups is 1. The lowest BCUT2D eigenvalue weighted by molar-refractivity contribution is -0.137. The summed E-state index contributed by atoms with van der Waals surface area (Å²) in [6, 6.07) is 23.4. The molecule has 0 aliphatic carbocycles. The molecule has 11 rings (SSSR count). The average molecular weight is 1750 g/mol. The molecule has 2 aliphatic heterocycles.